The van der Waals surface area contributed by atoms with Crippen molar-refractivity contribution >= 4 is 5.78 Å². The standard InChI is InChI=1S/C14H15FN4O2/c1-21-13-4-2-3-9(14(13)15)5-12(20)11-8-19(18-17-11)10-6-16-7-10/h2-4,8,10,16H,5-7H2,1H3. The Balaban J connectivity index is 1.75. The maximum absolute atomic E-state index is 14.0. The zero-order valence-corrected chi connectivity index (χ0v) is 11.5. The summed E-state index contributed by atoms with van der Waals surface area (Å²) in [5, 5.41) is 10.9. The second-order valence-electron chi connectivity index (χ2n) is 4.93. The van der Waals surface area contributed by atoms with E-state index in [1.165, 1.54) is 13.2 Å². The normalized spacial score (nSPS) is 14.8. The van der Waals surface area contributed by atoms with Gasteiger partial charge in [-0.05, 0) is 11.6 Å². The van der Waals surface area contributed by atoms with Crippen LogP contribution in [0.15, 0.2) is 24.4 Å². The topological polar surface area (TPSA) is 69.0 Å². The lowest BCUT2D eigenvalue weighted by Gasteiger charge is -2.26. The van der Waals surface area contributed by atoms with Crippen molar-refractivity contribution in [1.82, 2.24) is 20.3 Å². The Kier molecular flexibility index (Phi) is 3.66. The number of carbonyl (C=O) groups excluding carboxylic acids is 1. The fourth-order valence-corrected chi connectivity index (χ4v) is 2.16. The lowest BCUT2D eigenvalue weighted by atomic mass is 10.1. The summed E-state index contributed by atoms with van der Waals surface area (Å²) in [4.78, 5) is 12.2. The summed E-state index contributed by atoms with van der Waals surface area (Å²) < 4.78 is 20.6. The summed E-state index contributed by atoms with van der Waals surface area (Å²) in [6, 6.07) is 4.98. The average Bonchev–Trinajstić information content (AvgIpc) is 2.88. The molecule has 1 aliphatic heterocycles. The number of ether oxygens (including phenoxy) is 1. The molecule has 0 saturated carbocycles. The number of nitrogens with zero attached hydrogens (tertiary/aromatic N) is 3. The first-order valence-corrected chi connectivity index (χ1v) is 6.66. The van der Waals surface area contributed by atoms with E-state index in [9.17, 15) is 9.18 Å². The molecule has 1 aromatic carbocycles. The number of Topliss-reactive ketones (excluding diaryl/α,β-unsaturated/α-hetero) is 1. The predicted octanol–water partition coefficient (Wildman–Crippen LogP) is 0.995. The molecule has 0 radical (unpaired) electrons. The van der Waals surface area contributed by atoms with E-state index in [2.05, 4.69) is 15.6 Å². The third kappa shape index (κ3) is 2.64. The zero-order chi connectivity index (χ0) is 14.8. The van der Waals surface area contributed by atoms with E-state index in [-0.39, 0.29) is 29.7 Å². The molecule has 1 N–H and O–H groups in total. The van der Waals surface area contributed by atoms with Gasteiger partial charge in [0.25, 0.3) is 0 Å². The molecule has 6 nitrogen and oxygen atoms in total. The lowest BCUT2D eigenvalue weighted by molar-refractivity contribution is 0.0987. The van der Waals surface area contributed by atoms with Crippen molar-refractivity contribution in [2.24, 2.45) is 0 Å². The molecule has 3 rings (SSSR count). The number of nitrogens with one attached hydrogen (secondary N) is 1. The number of rotatable bonds is 5. The van der Waals surface area contributed by atoms with Gasteiger partial charge < -0.3 is 10.1 Å². The van der Waals surface area contributed by atoms with Gasteiger partial charge in [-0.15, -0.1) is 5.10 Å². The van der Waals surface area contributed by atoms with Crippen LogP contribution in [-0.2, 0) is 6.42 Å². The number of aromatic nitrogens is 3. The van der Waals surface area contributed by atoms with Crippen LogP contribution in [0.2, 0.25) is 0 Å². The number of carbonyl (C=O) groups is 1. The summed E-state index contributed by atoms with van der Waals surface area (Å²) in [6.45, 7) is 1.64. The molecule has 1 aliphatic rings. The molecule has 0 bridgehead atoms. The third-order valence-electron chi connectivity index (χ3n) is 3.54. The second-order valence-corrected chi connectivity index (χ2v) is 4.93. The predicted molar refractivity (Wildman–Crippen MR) is 72.9 cm³/mol. The van der Waals surface area contributed by atoms with E-state index in [0.29, 0.717) is 5.56 Å². The second kappa shape index (κ2) is 5.61. The highest BCUT2D eigenvalue weighted by atomic mass is 19.1. The van der Waals surface area contributed by atoms with Gasteiger partial charge in [-0.2, -0.15) is 0 Å². The van der Waals surface area contributed by atoms with Gasteiger partial charge in [0.2, 0.25) is 0 Å². The van der Waals surface area contributed by atoms with Crippen LogP contribution in [0.3, 0.4) is 0 Å². The van der Waals surface area contributed by atoms with E-state index < -0.39 is 5.82 Å². The van der Waals surface area contributed by atoms with Crippen molar-refractivity contribution in [2.75, 3.05) is 20.2 Å². The van der Waals surface area contributed by atoms with Crippen LogP contribution in [0.5, 0.6) is 5.75 Å². The summed E-state index contributed by atoms with van der Waals surface area (Å²) >= 11 is 0. The molecule has 0 spiro atoms. The van der Waals surface area contributed by atoms with E-state index in [1.807, 2.05) is 0 Å². The number of methoxy groups -OCH3 is 1. The summed E-state index contributed by atoms with van der Waals surface area (Å²) in [7, 11) is 1.39. The summed E-state index contributed by atoms with van der Waals surface area (Å²) in [6.07, 6.45) is 1.55. The van der Waals surface area contributed by atoms with E-state index in [1.54, 1.807) is 23.0 Å². The van der Waals surface area contributed by atoms with Gasteiger partial charge in [-0.3, -0.25) is 4.79 Å². The molecular formula is C14H15FN4O2. The Morgan fingerprint density at radius 3 is 3.00 bits per heavy atom. The van der Waals surface area contributed by atoms with Crippen molar-refractivity contribution in [2.45, 2.75) is 12.5 Å². The van der Waals surface area contributed by atoms with Crippen LogP contribution in [0.1, 0.15) is 22.1 Å². The van der Waals surface area contributed by atoms with Crippen LogP contribution in [0, 0.1) is 5.82 Å². The number of halogens is 1. The number of hydrogen-bond acceptors (Lipinski definition) is 5. The first-order valence-electron chi connectivity index (χ1n) is 6.66. The Labute approximate surface area is 120 Å². The molecule has 0 unspecified atom stereocenters. The van der Waals surface area contributed by atoms with Gasteiger partial charge in [0.15, 0.2) is 17.3 Å². The quantitative estimate of drug-likeness (QED) is 0.832. The van der Waals surface area contributed by atoms with Gasteiger partial charge >= 0.3 is 0 Å². The smallest absolute Gasteiger partial charge is 0.189 e. The first kappa shape index (κ1) is 13.7. The highest BCUT2D eigenvalue weighted by Crippen LogP contribution is 2.21. The molecule has 0 aliphatic carbocycles. The molecule has 7 heteroatoms. The lowest BCUT2D eigenvalue weighted by Crippen LogP contribution is -2.43. The highest BCUT2D eigenvalue weighted by molar-refractivity contribution is 5.95. The van der Waals surface area contributed by atoms with Crippen molar-refractivity contribution < 1.29 is 13.9 Å². The van der Waals surface area contributed by atoms with Gasteiger partial charge in [0, 0.05) is 19.5 Å². The van der Waals surface area contributed by atoms with E-state index in [0.717, 1.165) is 13.1 Å². The molecular weight excluding hydrogens is 275 g/mol. The SMILES string of the molecule is COc1cccc(CC(=O)c2cn(C3CNC3)nn2)c1F. The van der Waals surface area contributed by atoms with Crippen LogP contribution in [-0.4, -0.2) is 41.0 Å². The summed E-state index contributed by atoms with van der Waals surface area (Å²) in [5.41, 5.74) is 0.545. The Morgan fingerprint density at radius 2 is 2.33 bits per heavy atom. The largest absolute Gasteiger partial charge is 0.494 e. The average molecular weight is 290 g/mol. The zero-order valence-electron chi connectivity index (χ0n) is 11.5. The van der Waals surface area contributed by atoms with Crippen molar-refractivity contribution in [3.63, 3.8) is 0 Å². The van der Waals surface area contributed by atoms with Crippen LogP contribution < -0.4 is 10.1 Å². The maximum Gasteiger partial charge on any atom is 0.189 e. The van der Waals surface area contributed by atoms with Crippen molar-refractivity contribution in [3.05, 3.63) is 41.5 Å². The monoisotopic (exact) mass is 290 g/mol. The minimum Gasteiger partial charge on any atom is -0.494 e. The fraction of sp³-hybridized carbons (Fsp3) is 0.357. The van der Waals surface area contributed by atoms with Crippen LogP contribution in [0.4, 0.5) is 4.39 Å². The van der Waals surface area contributed by atoms with E-state index in [4.69, 9.17) is 4.74 Å². The van der Waals surface area contributed by atoms with Crippen LogP contribution in [0.25, 0.3) is 0 Å². The minimum atomic E-state index is -0.510. The molecule has 0 atom stereocenters. The molecule has 2 heterocycles. The fourth-order valence-electron chi connectivity index (χ4n) is 2.16. The van der Waals surface area contributed by atoms with Crippen molar-refractivity contribution in [3.8, 4) is 5.75 Å². The minimum absolute atomic E-state index is 0.0648. The molecule has 0 amide bonds. The number of benzene rings is 1. The number of hydrogen-bond donors (Lipinski definition) is 1. The molecule has 2 aromatic rings. The maximum atomic E-state index is 14.0. The molecule has 21 heavy (non-hydrogen) atoms. The first-order chi connectivity index (χ1) is 10.2. The molecule has 1 saturated heterocycles. The third-order valence-corrected chi connectivity index (χ3v) is 3.54. The van der Waals surface area contributed by atoms with Gasteiger partial charge in [0.1, 0.15) is 5.69 Å². The summed E-state index contributed by atoms with van der Waals surface area (Å²) in [5.74, 6) is -0.644. The number of ketones is 1. The van der Waals surface area contributed by atoms with Gasteiger partial charge in [-0.1, -0.05) is 17.3 Å². The Bertz CT molecular complexity index is 667. The van der Waals surface area contributed by atoms with Crippen molar-refractivity contribution in [1.29, 1.82) is 0 Å². The van der Waals surface area contributed by atoms with Crippen LogP contribution >= 0.6 is 0 Å². The molecule has 110 valence electrons. The Morgan fingerprint density at radius 1 is 1.52 bits per heavy atom. The highest BCUT2D eigenvalue weighted by Gasteiger charge is 2.22. The Hall–Kier alpha value is -2.28. The molecule has 1 aromatic heterocycles. The molecule has 1 fully saturated rings. The van der Waals surface area contributed by atoms with Gasteiger partial charge in [0.05, 0.1) is 19.3 Å². The van der Waals surface area contributed by atoms with E-state index >= 15 is 0 Å². The van der Waals surface area contributed by atoms with Gasteiger partial charge in [-0.25, -0.2) is 9.07 Å².